The molecule has 2 heterocycles. The Kier molecular flexibility index (Phi) is 4.30. The van der Waals surface area contributed by atoms with Gasteiger partial charge < -0.3 is 15.1 Å². The molecule has 2 aliphatic heterocycles. The molecule has 8 nitrogen and oxygen atoms in total. The van der Waals surface area contributed by atoms with Crippen molar-refractivity contribution in [1.82, 2.24) is 4.90 Å². The average Bonchev–Trinajstić information content (AvgIpc) is 2.77. The van der Waals surface area contributed by atoms with Gasteiger partial charge >= 0.3 is 5.97 Å². The maximum Gasteiger partial charge on any atom is 0.336 e. The number of nitro benzene ring substituents is 1. The summed E-state index contributed by atoms with van der Waals surface area (Å²) in [4.78, 5) is 35.9. The minimum absolute atomic E-state index is 0.0824. The van der Waals surface area contributed by atoms with Crippen LogP contribution in [0, 0.1) is 16.0 Å². The first kappa shape index (κ1) is 17.8. The zero-order chi connectivity index (χ0) is 18.5. The van der Waals surface area contributed by atoms with Crippen LogP contribution in [0.3, 0.4) is 0 Å². The Morgan fingerprint density at radius 1 is 1.48 bits per heavy atom. The molecule has 0 spiro atoms. The fourth-order valence-electron chi connectivity index (χ4n) is 3.22. The van der Waals surface area contributed by atoms with E-state index in [1.165, 1.54) is 36.1 Å². The highest BCUT2D eigenvalue weighted by Gasteiger charge is 2.68. The zero-order valence-corrected chi connectivity index (χ0v) is 14.6. The van der Waals surface area contributed by atoms with E-state index in [4.69, 9.17) is 12.2 Å². The molecule has 132 valence electrons. The minimum atomic E-state index is -1.69. The van der Waals surface area contributed by atoms with E-state index in [-0.39, 0.29) is 16.3 Å². The molecule has 0 aliphatic carbocycles. The Balaban J connectivity index is 1.95. The molecular formula is C15H14N2O6S2. The van der Waals surface area contributed by atoms with Crippen molar-refractivity contribution in [2.45, 2.75) is 30.4 Å². The van der Waals surface area contributed by atoms with Crippen LogP contribution in [0.1, 0.15) is 12.5 Å². The SMILES string of the molecule is CC(O)C1C(=O)N2[C@@H]1SC(=S)C2(Cc1ccc([N+](=O)[O-])cc1)C(=O)O. The van der Waals surface area contributed by atoms with Crippen LogP contribution >= 0.6 is 24.0 Å². The Morgan fingerprint density at radius 2 is 2.08 bits per heavy atom. The summed E-state index contributed by atoms with van der Waals surface area (Å²) in [6, 6.07) is 5.48. The van der Waals surface area contributed by atoms with Gasteiger partial charge in [-0.25, -0.2) is 4.79 Å². The molecule has 10 heteroatoms. The Bertz CT molecular complexity index is 781. The molecule has 2 aliphatic rings. The number of β-lactam (4-membered cyclic amide) rings is 1. The fraction of sp³-hybridized carbons (Fsp3) is 0.400. The molecule has 3 unspecified atom stereocenters. The van der Waals surface area contributed by atoms with Gasteiger partial charge in [-0.2, -0.15) is 0 Å². The lowest BCUT2D eigenvalue weighted by atomic mass is 9.82. The van der Waals surface area contributed by atoms with Crippen LogP contribution in [0.25, 0.3) is 0 Å². The van der Waals surface area contributed by atoms with Gasteiger partial charge in [-0.05, 0) is 12.5 Å². The average molecular weight is 382 g/mol. The van der Waals surface area contributed by atoms with E-state index in [9.17, 15) is 29.9 Å². The van der Waals surface area contributed by atoms with E-state index >= 15 is 0 Å². The number of hydrogen-bond acceptors (Lipinski definition) is 7. The summed E-state index contributed by atoms with van der Waals surface area (Å²) in [7, 11) is 0. The standard InChI is InChI=1S/C15H14N2O6S2/c1-7(18)10-11(19)16-12(10)25-14(24)15(16,13(20)21)6-8-2-4-9(5-3-8)17(22)23/h2-5,7,10,12,18H,6H2,1H3,(H,20,21)/t7?,10?,12-,15?/m1/s1. The molecular weight excluding hydrogens is 368 g/mol. The van der Waals surface area contributed by atoms with Gasteiger partial charge in [-0.1, -0.05) is 36.1 Å². The number of non-ortho nitro benzene ring substituents is 1. The van der Waals surface area contributed by atoms with Gasteiger partial charge in [0.2, 0.25) is 5.91 Å². The number of benzene rings is 1. The van der Waals surface area contributed by atoms with Crippen molar-refractivity contribution in [3.05, 3.63) is 39.9 Å². The normalized spacial score (nSPS) is 29.1. The van der Waals surface area contributed by atoms with Gasteiger partial charge in [0, 0.05) is 18.6 Å². The molecule has 2 saturated heterocycles. The number of carboxylic acids is 1. The quantitative estimate of drug-likeness (QED) is 0.337. The van der Waals surface area contributed by atoms with E-state index in [0.29, 0.717) is 5.56 Å². The number of rotatable bonds is 5. The Labute approximate surface area is 152 Å². The third-order valence-corrected chi connectivity index (χ3v) is 6.47. The lowest BCUT2D eigenvalue weighted by molar-refractivity contribution is -0.384. The van der Waals surface area contributed by atoms with Crippen molar-refractivity contribution in [2.75, 3.05) is 0 Å². The van der Waals surface area contributed by atoms with Gasteiger partial charge in [0.1, 0.15) is 0 Å². The van der Waals surface area contributed by atoms with E-state index in [0.717, 1.165) is 11.8 Å². The van der Waals surface area contributed by atoms with Crippen molar-refractivity contribution in [1.29, 1.82) is 0 Å². The van der Waals surface area contributed by atoms with E-state index in [1.807, 2.05) is 0 Å². The van der Waals surface area contributed by atoms with Gasteiger partial charge in [-0.15, -0.1) is 0 Å². The number of aliphatic hydroxyl groups is 1. The van der Waals surface area contributed by atoms with Crippen molar-refractivity contribution < 1.29 is 24.7 Å². The van der Waals surface area contributed by atoms with Crippen molar-refractivity contribution >= 4 is 45.7 Å². The molecule has 1 aromatic carbocycles. The maximum atomic E-state index is 12.4. The second-order valence-electron chi connectivity index (χ2n) is 6.04. The first-order chi connectivity index (χ1) is 11.7. The number of nitrogens with zero attached hydrogens (tertiary/aromatic N) is 2. The molecule has 0 aromatic heterocycles. The number of thioether (sulfide) groups is 1. The number of aliphatic hydroxyl groups excluding tert-OH is 1. The number of nitro groups is 1. The number of fused-ring (bicyclic) bond motifs is 1. The van der Waals surface area contributed by atoms with Crippen LogP contribution in [-0.2, 0) is 16.0 Å². The molecule has 0 bridgehead atoms. The van der Waals surface area contributed by atoms with E-state index in [1.54, 1.807) is 0 Å². The lowest BCUT2D eigenvalue weighted by Crippen LogP contribution is -2.70. The summed E-state index contributed by atoms with van der Waals surface area (Å²) in [5.41, 5.74) is -1.28. The Hall–Kier alpha value is -2.04. The van der Waals surface area contributed by atoms with Crippen LogP contribution in [-0.4, -0.2) is 53.1 Å². The summed E-state index contributed by atoms with van der Waals surface area (Å²) >= 11 is 6.39. The predicted molar refractivity (Wildman–Crippen MR) is 93.2 cm³/mol. The monoisotopic (exact) mass is 382 g/mol. The number of carbonyl (C=O) groups excluding carboxylic acids is 1. The lowest BCUT2D eigenvalue weighted by Gasteiger charge is -2.48. The smallest absolute Gasteiger partial charge is 0.336 e. The summed E-state index contributed by atoms with van der Waals surface area (Å²) < 4.78 is 0.153. The summed E-state index contributed by atoms with van der Waals surface area (Å²) in [5.74, 6) is -2.37. The van der Waals surface area contributed by atoms with Gasteiger partial charge in [0.05, 0.1) is 26.5 Å². The number of aliphatic carboxylic acids is 1. The minimum Gasteiger partial charge on any atom is -0.479 e. The second kappa shape index (κ2) is 6.04. The topological polar surface area (TPSA) is 121 Å². The molecule has 2 N–H and O–H groups in total. The van der Waals surface area contributed by atoms with Crippen LogP contribution in [0.15, 0.2) is 24.3 Å². The number of thiocarbonyl (C=S) groups is 1. The third kappa shape index (κ3) is 2.52. The Morgan fingerprint density at radius 3 is 2.56 bits per heavy atom. The number of carboxylic acid groups (broad SMARTS) is 1. The maximum absolute atomic E-state index is 12.4. The second-order valence-corrected chi connectivity index (χ2v) is 7.83. The van der Waals surface area contributed by atoms with Crippen LogP contribution in [0.4, 0.5) is 5.69 Å². The molecule has 3 rings (SSSR count). The fourth-order valence-corrected chi connectivity index (χ4v) is 5.33. The van der Waals surface area contributed by atoms with Crippen LogP contribution in [0.5, 0.6) is 0 Å². The van der Waals surface area contributed by atoms with Gasteiger partial charge in [0.25, 0.3) is 5.69 Å². The predicted octanol–water partition coefficient (Wildman–Crippen LogP) is 1.20. The molecule has 0 radical (unpaired) electrons. The van der Waals surface area contributed by atoms with Crippen LogP contribution in [0.2, 0.25) is 0 Å². The van der Waals surface area contributed by atoms with Crippen LogP contribution < -0.4 is 0 Å². The van der Waals surface area contributed by atoms with Crippen molar-refractivity contribution in [3.8, 4) is 0 Å². The molecule has 2 fully saturated rings. The summed E-state index contributed by atoms with van der Waals surface area (Å²) in [6.07, 6.45) is -0.978. The first-order valence-corrected chi connectivity index (χ1v) is 8.68. The van der Waals surface area contributed by atoms with E-state index < -0.39 is 39.7 Å². The molecule has 1 amide bonds. The third-order valence-electron chi connectivity index (χ3n) is 4.54. The highest BCUT2D eigenvalue weighted by atomic mass is 32.2. The highest BCUT2D eigenvalue weighted by Crippen LogP contribution is 2.52. The summed E-state index contributed by atoms with van der Waals surface area (Å²) in [6.45, 7) is 1.49. The molecule has 25 heavy (non-hydrogen) atoms. The molecule has 1 aromatic rings. The first-order valence-electron chi connectivity index (χ1n) is 7.39. The van der Waals surface area contributed by atoms with Gasteiger partial charge in [-0.3, -0.25) is 14.9 Å². The largest absolute Gasteiger partial charge is 0.479 e. The van der Waals surface area contributed by atoms with E-state index in [2.05, 4.69) is 0 Å². The summed E-state index contributed by atoms with van der Waals surface area (Å²) in [5, 5.41) is 29.8. The van der Waals surface area contributed by atoms with Crippen molar-refractivity contribution in [3.63, 3.8) is 0 Å². The zero-order valence-electron chi connectivity index (χ0n) is 13.0. The molecule has 4 atom stereocenters. The number of hydrogen-bond donors (Lipinski definition) is 2. The van der Waals surface area contributed by atoms with Crippen molar-refractivity contribution in [2.24, 2.45) is 5.92 Å². The molecule has 0 saturated carbocycles. The van der Waals surface area contributed by atoms with Gasteiger partial charge in [0.15, 0.2) is 5.54 Å². The number of carbonyl (C=O) groups is 2. The number of amides is 1. The highest BCUT2D eigenvalue weighted by molar-refractivity contribution is 8.24.